The van der Waals surface area contributed by atoms with Crippen LogP contribution in [0, 0.1) is 6.92 Å². The molecule has 0 bridgehead atoms. The van der Waals surface area contributed by atoms with E-state index in [-0.39, 0.29) is 11.3 Å². The van der Waals surface area contributed by atoms with Gasteiger partial charge in [-0.1, -0.05) is 54.2 Å². The van der Waals surface area contributed by atoms with Crippen molar-refractivity contribution < 1.29 is 9.32 Å². The van der Waals surface area contributed by atoms with Crippen LogP contribution in [0.4, 0.5) is 0 Å². The van der Waals surface area contributed by atoms with Gasteiger partial charge in [0, 0.05) is 19.5 Å². The topological polar surface area (TPSA) is 71.3 Å². The lowest BCUT2D eigenvalue weighted by molar-refractivity contribution is -0.119. The second-order valence-corrected chi connectivity index (χ2v) is 9.06. The first-order valence-electron chi connectivity index (χ1n) is 11.5. The molecular weight excluding hydrogens is 376 g/mol. The van der Waals surface area contributed by atoms with E-state index in [1.165, 1.54) is 36.8 Å². The van der Waals surface area contributed by atoms with Gasteiger partial charge in [0.05, 0.1) is 12.0 Å². The van der Waals surface area contributed by atoms with Crippen LogP contribution < -0.4 is 5.32 Å². The summed E-state index contributed by atoms with van der Waals surface area (Å²) in [5, 5.41) is 7.40. The van der Waals surface area contributed by atoms with Crippen LogP contribution >= 0.6 is 0 Å². The predicted octanol–water partition coefficient (Wildman–Crippen LogP) is 4.12. The number of likely N-dealkylation sites (tertiary alicyclic amines) is 1. The van der Waals surface area contributed by atoms with Crippen molar-refractivity contribution in [1.82, 2.24) is 20.4 Å². The van der Waals surface area contributed by atoms with Crippen molar-refractivity contribution in [2.75, 3.05) is 13.1 Å². The van der Waals surface area contributed by atoms with Crippen molar-refractivity contribution >= 4 is 5.91 Å². The number of rotatable bonds is 7. The number of hydrogen-bond acceptors (Lipinski definition) is 5. The third-order valence-electron chi connectivity index (χ3n) is 6.90. The lowest BCUT2D eigenvalue weighted by atomic mass is 9.78. The highest BCUT2D eigenvalue weighted by atomic mass is 16.5. The highest BCUT2D eigenvalue weighted by molar-refractivity contribution is 5.72. The third-order valence-corrected chi connectivity index (χ3v) is 6.90. The van der Waals surface area contributed by atoms with Crippen LogP contribution in [0.5, 0.6) is 0 Å². The normalized spacial score (nSPS) is 21.6. The molecule has 1 amide bonds. The van der Waals surface area contributed by atoms with Crippen molar-refractivity contribution in [3.63, 3.8) is 0 Å². The molecule has 1 aliphatic heterocycles. The van der Waals surface area contributed by atoms with Gasteiger partial charge in [0.15, 0.2) is 5.82 Å². The number of benzene rings is 1. The number of carbonyl (C=O) groups excluding carboxylic acids is 1. The number of hydrogen-bond donors (Lipinski definition) is 1. The molecule has 6 heteroatoms. The van der Waals surface area contributed by atoms with Gasteiger partial charge in [-0.05, 0) is 51.1 Å². The first-order chi connectivity index (χ1) is 14.6. The summed E-state index contributed by atoms with van der Waals surface area (Å²) in [6.45, 7) is 6.17. The molecule has 0 unspecified atom stereocenters. The fraction of sp³-hybridized carbons (Fsp3) is 0.625. The van der Waals surface area contributed by atoms with E-state index in [4.69, 9.17) is 9.51 Å². The van der Waals surface area contributed by atoms with Crippen molar-refractivity contribution in [2.45, 2.75) is 83.2 Å². The van der Waals surface area contributed by atoms with Crippen LogP contribution in [-0.2, 0) is 16.8 Å². The first kappa shape index (κ1) is 21.0. The zero-order valence-electron chi connectivity index (χ0n) is 18.3. The highest BCUT2D eigenvalue weighted by Crippen LogP contribution is 2.45. The van der Waals surface area contributed by atoms with E-state index in [9.17, 15) is 4.79 Å². The minimum atomic E-state index is -0.109. The van der Waals surface area contributed by atoms with E-state index in [1.807, 2.05) is 0 Å². The summed E-state index contributed by atoms with van der Waals surface area (Å²) in [5.41, 5.74) is 2.47. The van der Waals surface area contributed by atoms with Gasteiger partial charge in [-0.2, -0.15) is 4.98 Å². The minimum Gasteiger partial charge on any atom is -0.356 e. The van der Waals surface area contributed by atoms with Crippen LogP contribution in [-0.4, -0.2) is 40.1 Å². The zero-order chi connectivity index (χ0) is 21.0. The fourth-order valence-electron chi connectivity index (χ4n) is 5.19. The molecule has 1 aliphatic carbocycles. The Hall–Kier alpha value is -2.21. The second kappa shape index (κ2) is 9.29. The molecule has 1 saturated heterocycles. The quantitative estimate of drug-likeness (QED) is 0.743. The summed E-state index contributed by atoms with van der Waals surface area (Å²) in [4.78, 5) is 18.6. The SMILES string of the molecule is CC(=O)NCC[C@H]1CCCCN1Cc1nc(C2(c3ccc(C)cc3)CCCC2)no1. The van der Waals surface area contributed by atoms with Crippen molar-refractivity contribution in [3.05, 3.63) is 47.1 Å². The minimum absolute atomic E-state index is 0.0388. The summed E-state index contributed by atoms with van der Waals surface area (Å²) in [7, 11) is 0. The van der Waals surface area contributed by atoms with Gasteiger partial charge in [-0.15, -0.1) is 0 Å². The molecule has 30 heavy (non-hydrogen) atoms. The van der Waals surface area contributed by atoms with E-state index >= 15 is 0 Å². The average Bonchev–Trinajstić information content (AvgIpc) is 3.40. The Bertz CT molecular complexity index is 839. The van der Waals surface area contributed by atoms with E-state index in [1.54, 1.807) is 6.92 Å². The monoisotopic (exact) mass is 410 g/mol. The third kappa shape index (κ3) is 4.59. The molecule has 1 aromatic heterocycles. The Morgan fingerprint density at radius 3 is 2.70 bits per heavy atom. The molecule has 0 radical (unpaired) electrons. The number of aryl methyl sites for hydroxylation is 1. The van der Waals surface area contributed by atoms with Gasteiger partial charge in [0.1, 0.15) is 0 Å². The summed E-state index contributed by atoms with van der Waals surface area (Å²) in [6.07, 6.45) is 9.14. The molecule has 2 aliphatic rings. The zero-order valence-corrected chi connectivity index (χ0v) is 18.3. The van der Waals surface area contributed by atoms with Gasteiger partial charge >= 0.3 is 0 Å². The number of nitrogens with one attached hydrogen (secondary N) is 1. The number of amides is 1. The van der Waals surface area contributed by atoms with Crippen molar-refractivity contribution in [1.29, 1.82) is 0 Å². The van der Waals surface area contributed by atoms with E-state index in [0.29, 0.717) is 12.6 Å². The van der Waals surface area contributed by atoms with Crippen molar-refractivity contribution in [2.24, 2.45) is 0 Å². The lowest BCUT2D eigenvalue weighted by Gasteiger charge is -2.34. The van der Waals surface area contributed by atoms with E-state index < -0.39 is 0 Å². The first-order valence-corrected chi connectivity index (χ1v) is 11.5. The molecule has 1 saturated carbocycles. The number of nitrogens with zero attached hydrogens (tertiary/aromatic N) is 3. The summed E-state index contributed by atoms with van der Waals surface area (Å²) in [5.74, 6) is 1.61. The Morgan fingerprint density at radius 1 is 1.20 bits per heavy atom. The summed E-state index contributed by atoms with van der Waals surface area (Å²) >= 11 is 0. The molecule has 4 rings (SSSR count). The van der Waals surface area contributed by atoms with E-state index in [0.717, 1.165) is 50.5 Å². The Labute approximate surface area is 179 Å². The standard InChI is InChI=1S/C24H34N4O2/c1-18-8-10-20(11-9-18)24(13-4-5-14-24)23-26-22(30-27-23)17-28-16-6-3-7-21(28)12-15-25-19(2)29/h8-11,21H,3-7,12-17H2,1-2H3,(H,25,29)/t21-/m1/s1. The van der Waals surface area contributed by atoms with Gasteiger partial charge in [0.2, 0.25) is 11.8 Å². The molecule has 1 aromatic carbocycles. The van der Waals surface area contributed by atoms with Crippen molar-refractivity contribution in [3.8, 4) is 0 Å². The maximum Gasteiger partial charge on any atom is 0.240 e. The van der Waals surface area contributed by atoms with Gasteiger partial charge in [0.25, 0.3) is 0 Å². The smallest absolute Gasteiger partial charge is 0.240 e. The number of piperidine rings is 1. The molecule has 2 heterocycles. The van der Waals surface area contributed by atoms with Crippen LogP contribution in [0.2, 0.25) is 0 Å². The Balaban J connectivity index is 1.48. The van der Waals surface area contributed by atoms with Crippen LogP contribution in [0.25, 0.3) is 0 Å². The molecule has 1 N–H and O–H groups in total. The Kier molecular flexibility index (Phi) is 6.52. The lowest BCUT2D eigenvalue weighted by Crippen LogP contribution is -2.41. The molecule has 2 fully saturated rings. The molecular formula is C24H34N4O2. The van der Waals surface area contributed by atoms with Crippen LogP contribution in [0.3, 0.4) is 0 Å². The summed E-state index contributed by atoms with van der Waals surface area (Å²) < 4.78 is 5.77. The predicted molar refractivity (Wildman–Crippen MR) is 116 cm³/mol. The number of carbonyl (C=O) groups is 1. The second-order valence-electron chi connectivity index (χ2n) is 9.06. The summed E-state index contributed by atoms with van der Waals surface area (Å²) in [6, 6.07) is 9.30. The fourth-order valence-corrected chi connectivity index (χ4v) is 5.19. The average molecular weight is 411 g/mol. The molecule has 6 nitrogen and oxygen atoms in total. The maximum absolute atomic E-state index is 11.2. The van der Waals surface area contributed by atoms with Crippen LogP contribution in [0.15, 0.2) is 28.8 Å². The molecule has 1 atom stereocenters. The largest absolute Gasteiger partial charge is 0.356 e. The molecule has 0 spiro atoms. The van der Waals surface area contributed by atoms with Gasteiger partial charge in [-0.25, -0.2) is 0 Å². The van der Waals surface area contributed by atoms with Gasteiger partial charge in [-0.3, -0.25) is 9.69 Å². The Morgan fingerprint density at radius 2 is 1.97 bits per heavy atom. The number of aromatic nitrogens is 2. The van der Waals surface area contributed by atoms with E-state index in [2.05, 4.69) is 46.6 Å². The molecule has 162 valence electrons. The molecule has 2 aromatic rings. The van der Waals surface area contributed by atoms with Crippen LogP contribution in [0.1, 0.15) is 81.1 Å². The highest BCUT2D eigenvalue weighted by Gasteiger charge is 2.41. The van der Waals surface area contributed by atoms with Gasteiger partial charge < -0.3 is 9.84 Å². The maximum atomic E-state index is 11.2.